The third-order valence-electron chi connectivity index (χ3n) is 4.39. The number of carbonyl (C=O) groups is 1. The molecule has 0 radical (unpaired) electrons. The van der Waals surface area contributed by atoms with E-state index in [0.29, 0.717) is 17.5 Å². The fourth-order valence-corrected chi connectivity index (χ4v) is 3.31. The minimum atomic E-state index is 0.0443. The van der Waals surface area contributed by atoms with Gasteiger partial charge in [0, 0.05) is 30.8 Å². The summed E-state index contributed by atoms with van der Waals surface area (Å²) in [6.07, 6.45) is 2.01. The molecule has 0 aliphatic carbocycles. The van der Waals surface area contributed by atoms with Gasteiger partial charge in [-0.2, -0.15) is 0 Å². The number of rotatable bonds is 4. The van der Waals surface area contributed by atoms with Gasteiger partial charge in [0.15, 0.2) is 5.96 Å². The number of nitrogens with one attached hydrogen (secondary N) is 2. The molecule has 3 rings (SSSR count). The van der Waals surface area contributed by atoms with Crippen LogP contribution in [0, 0.1) is 0 Å². The van der Waals surface area contributed by atoms with Gasteiger partial charge in [-0.15, -0.1) is 0 Å². The number of hydrogen-bond donors (Lipinski definition) is 2. The second-order valence-electron chi connectivity index (χ2n) is 6.19. The van der Waals surface area contributed by atoms with Crippen LogP contribution in [-0.2, 0) is 17.8 Å². The number of para-hydroxylation sites is 1. The van der Waals surface area contributed by atoms with Gasteiger partial charge in [0.2, 0.25) is 5.91 Å². The molecule has 1 aliphatic rings. The zero-order valence-corrected chi connectivity index (χ0v) is 15.6. The molecule has 2 aromatic carbocycles. The van der Waals surface area contributed by atoms with E-state index in [0.717, 1.165) is 30.6 Å². The van der Waals surface area contributed by atoms with Gasteiger partial charge in [-0.05, 0) is 42.2 Å². The Hall–Kier alpha value is -2.53. The molecule has 1 heterocycles. The second-order valence-corrected chi connectivity index (χ2v) is 6.62. The number of carbonyl (C=O) groups excluding carboxylic acids is 1. The molecule has 26 heavy (non-hydrogen) atoms. The summed E-state index contributed by atoms with van der Waals surface area (Å²) in [5.41, 5.74) is 3.31. The van der Waals surface area contributed by atoms with E-state index < -0.39 is 0 Å². The average molecular weight is 371 g/mol. The summed E-state index contributed by atoms with van der Waals surface area (Å²) in [5.74, 6) is 0.631. The van der Waals surface area contributed by atoms with Gasteiger partial charge in [0.1, 0.15) is 0 Å². The van der Waals surface area contributed by atoms with Gasteiger partial charge in [-0.3, -0.25) is 9.79 Å². The maximum Gasteiger partial charge on any atom is 0.246 e. The maximum atomic E-state index is 12.7. The zero-order valence-electron chi connectivity index (χ0n) is 14.8. The fraction of sp³-hybridized carbons (Fsp3) is 0.300. The Morgan fingerprint density at radius 3 is 2.85 bits per heavy atom. The van der Waals surface area contributed by atoms with Crippen LogP contribution >= 0.6 is 11.6 Å². The number of nitrogens with zero attached hydrogens (tertiary/aromatic N) is 2. The number of anilines is 1. The van der Waals surface area contributed by atoms with Crippen LogP contribution in [0.2, 0.25) is 5.02 Å². The number of benzene rings is 2. The Balaban J connectivity index is 1.55. The summed E-state index contributed by atoms with van der Waals surface area (Å²) in [6, 6.07) is 15.7. The van der Waals surface area contributed by atoms with Gasteiger partial charge in [-0.25, -0.2) is 0 Å². The van der Waals surface area contributed by atoms with Crippen molar-refractivity contribution < 1.29 is 4.79 Å². The van der Waals surface area contributed by atoms with Crippen molar-refractivity contribution in [1.29, 1.82) is 0 Å². The number of hydrogen-bond acceptors (Lipinski definition) is 2. The van der Waals surface area contributed by atoms with E-state index >= 15 is 0 Å². The first-order valence-corrected chi connectivity index (χ1v) is 9.12. The zero-order chi connectivity index (χ0) is 18.4. The van der Waals surface area contributed by atoms with E-state index in [1.54, 1.807) is 7.05 Å². The van der Waals surface area contributed by atoms with Crippen molar-refractivity contribution in [2.45, 2.75) is 19.4 Å². The van der Waals surface area contributed by atoms with E-state index in [9.17, 15) is 4.79 Å². The van der Waals surface area contributed by atoms with E-state index in [2.05, 4.69) is 21.7 Å². The van der Waals surface area contributed by atoms with Crippen LogP contribution in [0.4, 0.5) is 5.69 Å². The first kappa shape index (κ1) is 18.3. The van der Waals surface area contributed by atoms with Crippen LogP contribution in [-0.4, -0.2) is 32.0 Å². The van der Waals surface area contributed by atoms with Crippen LogP contribution in [0.5, 0.6) is 0 Å². The maximum absolute atomic E-state index is 12.7. The van der Waals surface area contributed by atoms with E-state index in [1.165, 1.54) is 5.56 Å². The molecule has 1 amide bonds. The number of halogens is 1. The van der Waals surface area contributed by atoms with Crippen LogP contribution in [0.25, 0.3) is 0 Å². The molecule has 0 spiro atoms. The Morgan fingerprint density at radius 1 is 1.19 bits per heavy atom. The lowest BCUT2D eigenvalue weighted by Gasteiger charge is -2.29. The molecule has 136 valence electrons. The lowest BCUT2D eigenvalue weighted by Crippen LogP contribution is -2.45. The topological polar surface area (TPSA) is 56.7 Å². The van der Waals surface area contributed by atoms with E-state index in [4.69, 9.17) is 11.6 Å². The number of amides is 1. The van der Waals surface area contributed by atoms with Crippen molar-refractivity contribution in [2.24, 2.45) is 4.99 Å². The molecule has 2 aromatic rings. The van der Waals surface area contributed by atoms with Crippen LogP contribution in [0.15, 0.2) is 53.5 Å². The molecule has 0 aromatic heterocycles. The molecular weight excluding hydrogens is 348 g/mol. The lowest BCUT2D eigenvalue weighted by atomic mass is 10.0. The third kappa shape index (κ3) is 4.55. The highest BCUT2D eigenvalue weighted by atomic mass is 35.5. The summed E-state index contributed by atoms with van der Waals surface area (Å²) >= 11 is 6.00. The normalized spacial score (nSPS) is 13.9. The monoisotopic (exact) mass is 370 g/mol. The second kappa shape index (κ2) is 8.72. The Kier molecular flexibility index (Phi) is 6.12. The standard InChI is InChI=1S/C20H23ClN4O/c1-22-20(23-13-15-6-4-9-17(21)12-15)24-14-19(26)25-11-5-8-16-7-2-3-10-18(16)25/h2-4,6-7,9-10,12H,5,8,11,13-14H2,1H3,(H2,22,23,24). The quantitative estimate of drug-likeness (QED) is 0.642. The summed E-state index contributed by atoms with van der Waals surface area (Å²) in [5, 5.41) is 7.00. The highest BCUT2D eigenvalue weighted by molar-refractivity contribution is 6.30. The lowest BCUT2D eigenvalue weighted by molar-refractivity contribution is -0.117. The molecule has 5 nitrogen and oxygen atoms in total. The van der Waals surface area contributed by atoms with E-state index in [1.807, 2.05) is 47.4 Å². The van der Waals surface area contributed by atoms with Gasteiger partial charge >= 0.3 is 0 Å². The van der Waals surface area contributed by atoms with Crippen molar-refractivity contribution in [1.82, 2.24) is 10.6 Å². The molecule has 0 unspecified atom stereocenters. The highest BCUT2D eigenvalue weighted by Gasteiger charge is 2.21. The summed E-state index contributed by atoms with van der Waals surface area (Å²) < 4.78 is 0. The highest BCUT2D eigenvalue weighted by Crippen LogP contribution is 2.26. The molecule has 0 atom stereocenters. The molecule has 6 heteroatoms. The van der Waals surface area contributed by atoms with Crippen LogP contribution < -0.4 is 15.5 Å². The summed E-state index contributed by atoms with van der Waals surface area (Å²) in [7, 11) is 1.69. The minimum absolute atomic E-state index is 0.0443. The predicted octanol–water partition coefficient (Wildman–Crippen LogP) is 2.98. The number of guanidine groups is 1. The first-order valence-electron chi connectivity index (χ1n) is 8.74. The fourth-order valence-electron chi connectivity index (χ4n) is 3.10. The molecule has 0 bridgehead atoms. The molecule has 1 aliphatic heterocycles. The van der Waals surface area contributed by atoms with Crippen molar-refractivity contribution in [3.05, 3.63) is 64.7 Å². The predicted molar refractivity (Wildman–Crippen MR) is 107 cm³/mol. The smallest absolute Gasteiger partial charge is 0.246 e. The van der Waals surface area contributed by atoms with Gasteiger partial charge in [0.25, 0.3) is 0 Å². The van der Waals surface area contributed by atoms with Crippen LogP contribution in [0.1, 0.15) is 17.5 Å². The minimum Gasteiger partial charge on any atom is -0.352 e. The van der Waals surface area contributed by atoms with Crippen molar-refractivity contribution in [2.75, 3.05) is 25.0 Å². The molecular formula is C20H23ClN4O. The van der Waals surface area contributed by atoms with Crippen molar-refractivity contribution in [3.8, 4) is 0 Å². The van der Waals surface area contributed by atoms with Gasteiger partial charge < -0.3 is 15.5 Å². The van der Waals surface area contributed by atoms with E-state index in [-0.39, 0.29) is 12.5 Å². The largest absolute Gasteiger partial charge is 0.352 e. The van der Waals surface area contributed by atoms with Gasteiger partial charge in [-0.1, -0.05) is 41.9 Å². The van der Waals surface area contributed by atoms with Crippen molar-refractivity contribution >= 4 is 29.2 Å². The summed E-state index contributed by atoms with van der Waals surface area (Å²) in [6.45, 7) is 1.54. The molecule has 0 fully saturated rings. The van der Waals surface area contributed by atoms with Crippen LogP contribution in [0.3, 0.4) is 0 Å². The Labute approximate surface area is 159 Å². The number of aliphatic imine (C=N–C) groups is 1. The first-order chi connectivity index (χ1) is 12.7. The third-order valence-corrected chi connectivity index (χ3v) is 4.63. The number of aryl methyl sites for hydroxylation is 1. The molecule has 0 saturated carbocycles. The Bertz CT molecular complexity index is 806. The SMILES string of the molecule is CN=C(NCC(=O)N1CCCc2ccccc21)NCc1cccc(Cl)c1. The molecule has 0 saturated heterocycles. The average Bonchev–Trinajstić information content (AvgIpc) is 2.67. The van der Waals surface area contributed by atoms with Gasteiger partial charge in [0.05, 0.1) is 6.54 Å². The Morgan fingerprint density at radius 2 is 2.04 bits per heavy atom. The number of fused-ring (bicyclic) bond motifs is 1. The summed E-state index contributed by atoms with van der Waals surface area (Å²) in [4.78, 5) is 18.7. The molecule has 2 N–H and O–H groups in total. The van der Waals surface area contributed by atoms with Crippen molar-refractivity contribution in [3.63, 3.8) is 0 Å².